The molecule has 0 aliphatic heterocycles. The van der Waals surface area contributed by atoms with E-state index in [1.807, 2.05) is 41.5 Å². The molecule has 0 saturated heterocycles. The van der Waals surface area contributed by atoms with Crippen molar-refractivity contribution in [3.63, 3.8) is 0 Å². The minimum absolute atomic E-state index is 0.116. The summed E-state index contributed by atoms with van der Waals surface area (Å²) in [4.78, 5) is 0. The Bertz CT molecular complexity index is 372. The third kappa shape index (κ3) is 8.28. The lowest BCUT2D eigenvalue weighted by Crippen LogP contribution is -2.45. The SMILES string of the molecule is CC(C)(C)OC#C[C@H](N[S@@](=O)C(C)(C)C)C(C)(C)C. The molecular formula is C15H29NO2S. The minimum atomic E-state index is -1.15. The predicted molar refractivity (Wildman–Crippen MR) is 82.9 cm³/mol. The normalized spacial score (nSPS) is 16.3. The Morgan fingerprint density at radius 2 is 1.47 bits per heavy atom. The molecule has 0 aromatic heterocycles. The maximum absolute atomic E-state index is 12.2. The molecule has 0 aliphatic carbocycles. The molecule has 112 valence electrons. The summed E-state index contributed by atoms with van der Waals surface area (Å²) in [6, 6.07) is -0.185. The minimum Gasteiger partial charge on any atom is -0.441 e. The van der Waals surface area contributed by atoms with Gasteiger partial charge in [-0.15, -0.1) is 0 Å². The summed E-state index contributed by atoms with van der Waals surface area (Å²) in [5, 5.41) is 0. The van der Waals surface area contributed by atoms with Gasteiger partial charge in [0.2, 0.25) is 0 Å². The van der Waals surface area contributed by atoms with Crippen LogP contribution in [-0.4, -0.2) is 20.6 Å². The van der Waals surface area contributed by atoms with Gasteiger partial charge in [0.1, 0.15) is 11.7 Å². The van der Waals surface area contributed by atoms with Crippen LogP contribution >= 0.6 is 0 Å². The lowest BCUT2D eigenvalue weighted by atomic mass is 9.88. The summed E-state index contributed by atoms with van der Waals surface area (Å²) in [6.07, 6.45) is 2.74. The third-order valence-corrected chi connectivity index (χ3v) is 3.77. The zero-order chi connectivity index (χ0) is 15.5. The summed E-state index contributed by atoms with van der Waals surface area (Å²) in [5.41, 5.74) is -0.409. The van der Waals surface area contributed by atoms with Crippen LogP contribution in [0.25, 0.3) is 0 Å². The summed E-state index contributed by atoms with van der Waals surface area (Å²) < 4.78 is 20.4. The Balaban J connectivity index is 4.92. The van der Waals surface area contributed by atoms with Crippen LogP contribution in [0.4, 0.5) is 0 Å². The number of hydrogen-bond acceptors (Lipinski definition) is 2. The molecule has 2 atom stereocenters. The van der Waals surface area contributed by atoms with Gasteiger partial charge in [-0.25, -0.2) is 8.93 Å². The zero-order valence-corrected chi connectivity index (χ0v) is 14.6. The van der Waals surface area contributed by atoms with E-state index >= 15 is 0 Å². The van der Waals surface area contributed by atoms with Gasteiger partial charge in [0.25, 0.3) is 0 Å². The standard InChI is InChI=1S/C15H29NO2S/c1-13(2,3)12(10-11-18-14(4,5)6)16-19(17)15(7,8)9/h12,16H,1-9H3/t12-,19-/m0/s1. The average Bonchev–Trinajstić information content (AvgIpc) is 2.10. The van der Waals surface area contributed by atoms with E-state index in [1.165, 1.54) is 0 Å². The van der Waals surface area contributed by atoms with Crippen molar-refractivity contribution in [3.8, 4) is 12.0 Å². The molecule has 0 rings (SSSR count). The predicted octanol–water partition coefficient (Wildman–Crippen LogP) is 3.23. The molecule has 19 heavy (non-hydrogen) atoms. The second-order valence-electron chi connectivity index (χ2n) is 7.76. The van der Waals surface area contributed by atoms with E-state index in [4.69, 9.17) is 4.74 Å². The topological polar surface area (TPSA) is 38.3 Å². The van der Waals surface area contributed by atoms with Gasteiger partial charge in [-0.2, -0.15) is 0 Å². The van der Waals surface area contributed by atoms with Gasteiger partial charge < -0.3 is 4.74 Å². The fourth-order valence-electron chi connectivity index (χ4n) is 0.948. The molecule has 0 amide bonds. The van der Waals surface area contributed by atoms with Crippen LogP contribution in [0.3, 0.4) is 0 Å². The number of rotatable bonds is 2. The van der Waals surface area contributed by atoms with Crippen molar-refractivity contribution in [3.05, 3.63) is 0 Å². The molecule has 4 heteroatoms. The summed E-state index contributed by atoms with van der Waals surface area (Å²) in [5.74, 6) is 3.04. The molecule has 0 unspecified atom stereocenters. The maximum atomic E-state index is 12.2. The van der Waals surface area contributed by atoms with Crippen LogP contribution in [0.15, 0.2) is 0 Å². The van der Waals surface area contributed by atoms with Crippen molar-refractivity contribution in [2.75, 3.05) is 0 Å². The molecule has 0 heterocycles. The first-order valence-electron chi connectivity index (χ1n) is 6.60. The van der Waals surface area contributed by atoms with Crippen LogP contribution < -0.4 is 4.72 Å². The van der Waals surface area contributed by atoms with Crippen molar-refractivity contribution in [2.45, 2.75) is 78.7 Å². The molecule has 0 spiro atoms. The van der Waals surface area contributed by atoms with Gasteiger partial charge in [-0.05, 0) is 52.9 Å². The first-order valence-corrected chi connectivity index (χ1v) is 7.75. The first-order chi connectivity index (χ1) is 8.23. The number of hydrogen-bond donors (Lipinski definition) is 1. The smallest absolute Gasteiger partial charge is 0.112 e. The quantitative estimate of drug-likeness (QED) is 0.792. The molecule has 0 aliphatic rings. The lowest BCUT2D eigenvalue weighted by molar-refractivity contribution is 0.0957. The largest absolute Gasteiger partial charge is 0.441 e. The first kappa shape index (κ1) is 18.5. The van der Waals surface area contributed by atoms with Gasteiger partial charge in [-0.3, -0.25) is 0 Å². The highest BCUT2D eigenvalue weighted by molar-refractivity contribution is 7.84. The molecule has 3 nitrogen and oxygen atoms in total. The number of nitrogens with one attached hydrogen (secondary N) is 1. The van der Waals surface area contributed by atoms with E-state index in [0.717, 1.165) is 0 Å². The van der Waals surface area contributed by atoms with Gasteiger partial charge in [0, 0.05) is 0 Å². The molecular weight excluding hydrogens is 258 g/mol. The fourth-order valence-corrected chi connectivity index (χ4v) is 1.93. The molecule has 0 saturated carbocycles. The molecule has 0 aromatic carbocycles. The van der Waals surface area contributed by atoms with Crippen LogP contribution in [0.5, 0.6) is 0 Å². The van der Waals surface area contributed by atoms with Crippen LogP contribution in [0, 0.1) is 17.4 Å². The Labute approximate surface area is 121 Å². The number of ether oxygens (including phenoxy) is 1. The van der Waals surface area contributed by atoms with E-state index in [-0.39, 0.29) is 21.8 Å². The van der Waals surface area contributed by atoms with Crippen molar-refractivity contribution >= 4 is 11.0 Å². The van der Waals surface area contributed by atoms with Crippen molar-refractivity contribution in [2.24, 2.45) is 5.41 Å². The van der Waals surface area contributed by atoms with Gasteiger partial charge in [0.15, 0.2) is 0 Å². The molecule has 0 fully saturated rings. The zero-order valence-electron chi connectivity index (χ0n) is 13.8. The third-order valence-electron chi connectivity index (χ3n) is 2.21. The monoisotopic (exact) mass is 287 g/mol. The van der Waals surface area contributed by atoms with E-state index < -0.39 is 11.0 Å². The van der Waals surface area contributed by atoms with E-state index in [2.05, 4.69) is 37.5 Å². The maximum Gasteiger partial charge on any atom is 0.112 e. The Hall–Kier alpha value is -0.530. The molecule has 0 bridgehead atoms. The van der Waals surface area contributed by atoms with E-state index in [9.17, 15) is 4.21 Å². The van der Waals surface area contributed by atoms with Crippen LogP contribution in [0.1, 0.15) is 62.3 Å². The fraction of sp³-hybridized carbons (Fsp3) is 0.867. The van der Waals surface area contributed by atoms with Gasteiger partial charge in [-0.1, -0.05) is 20.8 Å². The summed E-state index contributed by atoms with van der Waals surface area (Å²) in [6.45, 7) is 17.9. The Kier molecular flexibility index (Phi) is 6.10. The molecule has 0 radical (unpaired) electrons. The Morgan fingerprint density at radius 3 is 1.79 bits per heavy atom. The average molecular weight is 287 g/mol. The molecule has 1 N–H and O–H groups in total. The van der Waals surface area contributed by atoms with E-state index in [1.54, 1.807) is 0 Å². The van der Waals surface area contributed by atoms with Crippen molar-refractivity contribution in [1.29, 1.82) is 0 Å². The van der Waals surface area contributed by atoms with Gasteiger partial charge >= 0.3 is 0 Å². The lowest BCUT2D eigenvalue weighted by Gasteiger charge is -2.29. The highest BCUT2D eigenvalue weighted by Gasteiger charge is 2.29. The Morgan fingerprint density at radius 1 is 1.00 bits per heavy atom. The highest BCUT2D eigenvalue weighted by Crippen LogP contribution is 2.21. The van der Waals surface area contributed by atoms with Crippen LogP contribution in [-0.2, 0) is 15.7 Å². The second-order valence-corrected chi connectivity index (χ2v) is 9.76. The highest BCUT2D eigenvalue weighted by atomic mass is 32.2. The summed E-state index contributed by atoms with van der Waals surface area (Å²) >= 11 is 0. The summed E-state index contributed by atoms with van der Waals surface area (Å²) in [7, 11) is -1.15. The second kappa shape index (κ2) is 6.28. The van der Waals surface area contributed by atoms with Gasteiger partial charge in [0.05, 0.1) is 21.8 Å². The molecule has 0 aromatic rings. The van der Waals surface area contributed by atoms with Crippen molar-refractivity contribution < 1.29 is 8.95 Å². The van der Waals surface area contributed by atoms with E-state index in [0.29, 0.717) is 0 Å². The van der Waals surface area contributed by atoms with Crippen molar-refractivity contribution in [1.82, 2.24) is 4.72 Å². The van der Waals surface area contributed by atoms with Crippen LogP contribution in [0.2, 0.25) is 0 Å².